The fourth-order valence-corrected chi connectivity index (χ4v) is 1.94. The lowest BCUT2D eigenvalue weighted by Crippen LogP contribution is -2.17. The topological polar surface area (TPSA) is 94.9 Å². The van der Waals surface area contributed by atoms with Crippen molar-refractivity contribution in [1.82, 2.24) is 5.32 Å². The average Bonchev–Trinajstić information content (AvgIpc) is 2.61. The Labute approximate surface area is 100 Å². The summed E-state index contributed by atoms with van der Waals surface area (Å²) >= 11 is 0.863. The van der Waals surface area contributed by atoms with Gasteiger partial charge in [0.15, 0.2) is 0 Å². The van der Waals surface area contributed by atoms with Crippen LogP contribution in [-0.2, 0) is 4.79 Å². The molecule has 1 saturated heterocycles. The molecule has 1 aromatic carbocycles. The van der Waals surface area contributed by atoms with E-state index in [-0.39, 0.29) is 11.1 Å². The Morgan fingerprint density at radius 1 is 1.29 bits per heavy atom. The van der Waals surface area contributed by atoms with Crippen LogP contribution in [0, 0.1) is 0 Å². The van der Waals surface area contributed by atoms with E-state index in [4.69, 9.17) is 5.53 Å². The van der Waals surface area contributed by atoms with E-state index in [2.05, 4.69) is 15.3 Å². The Morgan fingerprint density at radius 3 is 2.53 bits per heavy atom. The summed E-state index contributed by atoms with van der Waals surface area (Å²) in [5, 5.41) is 5.23. The van der Waals surface area contributed by atoms with Gasteiger partial charge in [-0.15, -0.1) is 0 Å². The van der Waals surface area contributed by atoms with Crippen molar-refractivity contribution in [3.05, 3.63) is 45.2 Å². The van der Waals surface area contributed by atoms with Crippen LogP contribution in [0.1, 0.15) is 5.56 Å². The third kappa shape index (κ3) is 2.66. The number of carbonyl (C=O) groups excluding carboxylic acids is 2. The van der Waals surface area contributed by atoms with E-state index in [9.17, 15) is 9.59 Å². The molecule has 0 atom stereocenters. The minimum absolute atomic E-state index is 0.353. The molecule has 1 heterocycles. The van der Waals surface area contributed by atoms with E-state index >= 15 is 0 Å². The molecule has 1 aliphatic heterocycles. The van der Waals surface area contributed by atoms with Crippen molar-refractivity contribution in [1.29, 1.82) is 0 Å². The van der Waals surface area contributed by atoms with Gasteiger partial charge in [-0.3, -0.25) is 14.9 Å². The second kappa shape index (κ2) is 4.73. The molecule has 0 unspecified atom stereocenters. The summed E-state index contributed by atoms with van der Waals surface area (Å²) in [6.45, 7) is 0. The van der Waals surface area contributed by atoms with Crippen LogP contribution >= 0.6 is 11.8 Å². The van der Waals surface area contributed by atoms with Crippen LogP contribution in [0.3, 0.4) is 0 Å². The van der Waals surface area contributed by atoms with Crippen molar-refractivity contribution >= 4 is 34.7 Å². The number of hydrogen-bond acceptors (Lipinski definition) is 4. The highest BCUT2D eigenvalue weighted by atomic mass is 32.2. The van der Waals surface area contributed by atoms with E-state index in [1.807, 2.05) is 0 Å². The van der Waals surface area contributed by atoms with E-state index in [0.717, 1.165) is 17.3 Å². The SMILES string of the molecule is [N-]=[N+]=Nc1ccc(/C=C2\SC(=O)NC2=O)cc1. The zero-order valence-corrected chi connectivity index (χ0v) is 9.27. The summed E-state index contributed by atoms with van der Waals surface area (Å²) in [6, 6.07) is 6.66. The number of rotatable bonds is 2. The van der Waals surface area contributed by atoms with Crippen LogP contribution in [0.25, 0.3) is 16.5 Å². The van der Waals surface area contributed by atoms with Crippen molar-refractivity contribution in [2.24, 2.45) is 5.11 Å². The number of azide groups is 1. The number of thioether (sulfide) groups is 1. The van der Waals surface area contributed by atoms with Crippen LogP contribution in [-0.4, -0.2) is 11.1 Å². The van der Waals surface area contributed by atoms with Crippen LogP contribution in [0.5, 0.6) is 0 Å². The van der Waals surface area contributed by atoms with Crippen LogP contribution in [0.2, 0.25) is 0 Å². The van der Waals surface area contributed by atoms with Crippen molar-refractivity contribution in [2.75, 3.05) is 0 Å². The fraction of sp³-hybridized carbons (Fsp3) is 0. The van der Waals surface area contributed by atoms with Crippen LogP contribution < -0.4 is 5.32 Å². The number of benzene rings is 1. The molecule has 1 fully saturated rings. The van der Waals surface area contributed by atoms with Gasteiger partial charge in [0.1, 0.15) is 0 Å². The lowest BCUT2D eigenvalue weighted by molar-refractivity contribution is -0.115. The molecule has 2 rings (SSSR count). The van der Waals surface area contributed by atoms with Crippen molar-refractivity contribution in [2.45, 2.75) is 0 Å². The summed E-state index contributed by atoms with van der Waals surface area (Å²) < 4.78 is 0. The zero-order valence-electron chi connectivity index (χ0n) is 8.45. The van der Waals surface area contributed by atoms with Gasteiger partial charge in [-0.05, 0) is 28.9 Å². The molecule has 0 aromatic heterocycles. The summed E-state index contributed by atoms with van der Waals surface area (Å²) in [5.41, 5.74) is 9.49. The van der Waals surface area contributed by atoms with E-state index in [0.29, 0.717) is 10.6 Å². The van der Waals surface area contributed by atoms with Gasteiger partial charge in [0.2, 0.25) is 0 Å². The molecule has 2 amide bonds. The maximum absolute atomic E-state index is 11.3. The normalized spacial score (nSPS) is 16.8. The molecule has 1 aromatic rings. The number of hydrogen-bond donors (Lipinski definition) is 1. The number of nitrogens with one attached hydrogen (secondary N) is 1. The monoisotopic (exact) mass is 246 g/mol. The molecule has 1 N–H and O–H groups in total. The highest BCUT2D eigenvalue weighted by Crippen LogP contribution is 2.26. The van der Waals surface area contributed by atoms with Crippen molar-refractivity contribution in [3.63, 3.8) is 0 Å². The first-order valence-corrected chi connectivity index (χ1v) is 5.41. The molecular formula is C10H6N4O2S. The van der Waals surface area contributed by atoms with Gasteiger partial charge in [0.25, 0.3) is 11.1 Å². The first-order chi connectivity index (χ1) is 8.19. The predicted molar refractivity (Wildman–Crippen MR) is 64.4 cm³/mol. The third-order valence-electron chi connectivity index (χ3n) is 1.99. The van der Waals surface area contributed by atoms with Gasteiger partial charge in [-0.2, -0.15) is 0 Å². The Kier molecular flexibility index (Phi) is 3.13. The third-order valence-corrected chi connectivity index (χ3v) is 2.80. The summed E-state index contributed by atoms with van der Waals surface area (Å²) in [4.78, 5) is 25.2. The quantitative estimate of drug-likeness (QED) is 0.376. The van der Waals surface area contributed by atoms with Crippen molar-refractivity contribution in [3.8, 4) is 0 Å². The maximum atomic E-state index is 11.3. The molecule has 0 bridgehead atoms. The van der Waals surface area contributed by atoms with Crippen LogP contribution in [0.4, 0.5) is 10.5 Å². The lowest BCUT2D eigenvalue weighted by Gasteiger charge is -1.95. The highest BCUT2D eigenvalue weighted by Gasteiger charge is 2.24. The van der Waals surface area contributed by atoms with Gasteiger partial charge in [0.05, 0.1) is 4.91 Å². The fourth-order valence-electron chi connectivity index (χ4n) is 1.26. The Morgan fingerprint density at radius 2 is 2.00 bits per heavy atom. The number of amides is 2. The molecule has 7 heteroatoms. The minimum atomic E-state index is -0.390. The Bertz CT molecular complexity index is 558. The van der Waals surface area contributed by atoms with Gasteiger partial charge in [0, 0.05) is 10.6 Å². The number of imide groups is 1. The molecule has 1 aliphatic rings. The van der Waals surface area contributed by atoms with E-state index in [1.165, 1.54) is 0 Å². The molecule has 6 nitrogen and oxygen atoms in total. The molecule has 84 valence electrons. The Hall–Kier alpha value is -2.24. The zero-order chi connectivity index (χ0) is 12.3. The largest absolute Gasteiger partial charge is 0.290 e. The summed E-state index contributed by atoms with van der Waals surface area (Å²) in [7, 11) is 0. The maximum Gasteiger partial charge on any atom is 0.290 e. The summed E-state index contributed by atoms with van der Waals surface area (Å²) in [6.07, 6.45) is 1.60. The second-order valence-corrected chi connectivity index (χ2v) is 4.15. The van der Waals surface area contributed by atoms with E-state index < -0.39 is 0 Å². The number of carbonyl (C=O) groups is 2. The Balaban J connectivity index is 2.24. The second-order valence-electron chi connectivity index (χ2n) is 3.13. The minimum Gasteiger partial charge on any atom is -0.282 e. The predicted octanol–water partition coefficient (Wildman–Crippen LogP) is 2.95. The molecule has 0 radical (unpaired) electrons. The lowest BCUT2D eigenvalue weighted by atomic mass is 10.2. The first-order valence-electron chi connectivity index (χ1n) is 4.59. The van der Waals surface area contributed by atoms with Crippen LogP contribution in [0.15, 0.2) is 34.3 Å². The number of nitrogens with zero attached hydrogens (tertiary/aromatic N) is 3. The van der Waals surface area contributed by atoms with Gasteiger partial charge < -0.3 is 0 Å². The molecular weight excluding hydrogens is 240 g/mol. The molecule has 0 spiro atoms. The highest BCUT2D eigenvalue weighted by molar-refractivity contribution is 8.18. The van der Waals surface area contributed by atoms with Gasteiger partial charge >= 0.3 is 0 Å². The standard InChI is InChI=1S/C10H6N4O2S/c11-14-13-7-3-1-6(2-4-7)5-8-9(15)12-10(16)17-8/h1-5H,(H,12,15,16)/b8-5-. The van der Waals surface area contributed by atoms with Gasteiger partial charge in [-0.1, -0.05) is 29.4 Å². The molecule has 17 heavy (non-hydrogen) atoms. The average molecular weight is 246 g/mol. The molecule has 0 aliphatic carbocycles. The van der Waals surface area contributed by atoms with Gasteiger partial charge in [-0.25, -0.2) is 0 Å². The van der Waals surface area contributed by atoms with Crippen molar-refractivity contribution < 1.29 is 9.59 Å². The molecule has 0 saturated carbocycles. The smallest absolute Gasteiger partial charge is 0.282 e. The summed E-state index contributed by atoms with van der Waals surface area (Å²) in [5.74, 6) is -0.390. The van der Waals surface area contributed by atoms with E-state index in [1.54, 1.807) is 30.3 Å². The first kappa shape index (κ1) is 11.3.